The lowest BCUT2D eigenvalue weighted by atomic mass is 10.1. The Hall–Kier alpha value is -1.32. The fourth-order valence-corrected chi connectivity index (χ4v) is 4.00. The van der Waals surface area contributed by atoms with Crippen LogP contribution in [-0.4, -0.2) is 25.2 Å². The smallest absolute Gasteiger partial charge is 0.302 e. The Labute approximate surface area is 225 Å². The van der Waals surface area contributed by atoms with Gasteiger partial charge in [0.15, 0.2) is 0 Å². The molecule has 0 unspecified atom stereocenters. The zero-order valence-electron chi connectivity index (χ0n) is 24.8. The maximum atomic E-state index is 10.5. The Morgan fingerprint density at radius 3 is 1.11 bits per heavy atom. The van der Waals surface area contributed by atoms with Crippen molar-refractivity contribution in [2.45, 2.75) is 169 Å². The second kappa shape index (κ2) is 33.7. The van der Waals surface area contributed by atoms with Gasteiger partial charge in [0.1, 0.15) is 0 Å². The van der Waals surface area contributed by atoms with E-state index in [1.165, 1.54) is 142 Å². The third-order valence-electron chi connectivity index (χ3n) is 6.26. The molecule has 0 N–H and O–H groups in total. The van der Waals surface area contributed by atoms with Crippen molar-refractivity contribution in [3.05, 3.63) is 12.2 Å². The third kappa shape index (κ3) is 39.9. The summed E-state index contributed by atoms with van der Waals surface area (Å²) in [6, 6.07) is 0. The second-order valence-corrected chi connectivity index (χ2v) is 10.1. The van der Waals surface area contributed by atoms with Crippen molar-refractivity contribution >= 4 is 11.9 Å². The van der Waals surface area contributed by atoms with Gasteiger partial charge in [0.25, 0.3) is 0 Å². The molecule has 0 saturated heterocycles. The molecule has 214 valence electrons. The number of allylic oxidation sites excluding steroid dienone is 2. The summed E-state index contributed by atoms with van der Waals surface area (Å²) in [5.74, 6) is -0.317. The van der Waals surface area contributed by atoms with Gasteiger partial charge in [0.2, 0.25) is 0 Å². The van der Waals surface area contributed by atoms with Crippen LogP contribution < -0.4 is 0 Å². The minimum atomic E-state index is -0.162. The van der Waals surface area contributed by atoms with Crippen LogP contribution in [0.4, 0.5) is 0 Å². The highest BCUT2D eigenvalue weighted by atomic mass is 16.5. The van der Waals surface area contributed by atoms with E-state index in [0.29, 0.717) is 13.2 Å². The lowest BCUT2D eigenvalue weighted by Gasteiger charge is -2.03. The van der Waals surface area contributed by atoms with E-state index in [1.807, 2.05) is 0 Å². The van der Waals surface area contributed by atoms with Crippen LogP contribution >= 0.6 is 0 Å². The normalized spacial score (nSPS) is 10.8. The Balaban J connectivity index is 0. The van der Waals surface area contributed by atoms with Crippen molar-refractivity contribution in [1.29, 1.82) is 0 Å². The van der Waals surface area contributed by atoms with E-state index in [1.54, 1.807) is 0 Å². The molecule has 0 fully saturated rings. The van der Waals surface area contributed by atoms with E-state index in [4.69, 9.17) is 9.47 Å². The van der Waals surface area contributed by atoms with Crippen molar-refractivity contribution in [2.24, 2.45) is 0 Å². The molecule has 0 amide bonds. The van der Waals surface area contributed by atoms with Crippen molar-refractivity contribution < 1.29 is 19.1 Å². The van der Waals surface area contributed by atoms with Crippen LogP contribution in [0.15, 0.2) is 12.2 Å². The van der Waals surface area contributed by atoms with E-state index in [2.05, 4.69) is 26.0 Å². The Kier molecular flexibility index (Phi) is 34.5. The van der Waals surface area contributed by atoms with E-state index in [0.717, 1.165) is 12.8 Å². The van der Waals surface area contributed by atoms with E-state index in [-0.39, 0.29) is 11.9 Å². The summed E-state index contributed by atoms with van der Waals surface area (Å²) in [5.41, 5.74) is 0. The van der Waals surface area contributed by atoms with Gasteiger partial charge in [0, 0.05) is 13.8 Å². The largest absolute Gasteiger partial charge is 0.466 e. The number of carbonyl (C=O) groups is 2. The van der Waals surface area contributed by atoms with Crippen LogP contribution in [0.3, 0.4) is 0 Å². The van der Waals surface area contributed by atoms with Gasteiger partial charge in [-0.1, -0.05) is 135 Å². The average Bonchev–Trinajstić information content (AvgIpc) is 2.85. The molecule has 4 nitrogen and oxygen atoms in total. The molecule has 0 aliphatic carbocycles. The quantitative estimate of drug-likeness (QED) is 0.0696. The molecule has 0 radical (unpaired) electrons. The molecule has 36 heavy (non-hydrogen) atoms. The van der Waals surface area contributed by atoms with Crippen LogP contribution in [0.2, 0.25) is 0 Å². The van der Waals surface area contributed by atoms with Crippen LogP contribution in [0.5, 0.6) is 0 Å². The molecule has 0 bridgehead atoms. The number of rotatable bonds is 25. The fraction of sp³-hybridized carbons (Fsp3) is 0.875. The summed E-state index contributed by atoms with van der Waals surface area (Å²) in [5, 5.41) is 0. The molecular weight excluding hydrogens is 448 g/mol. The van der Waals surface area contributed by atoms with Gasteiger partial charge < -0.3 is 9.47 Å². The number of ether oxygens (including phenoxy) is 2. The monoisotopic (exact) mass is 510 g/mol. The molecule has 0 saturated carbocycles. The van der Waals surface area contributed by atoms with Gasteiger partial charge in [-0.15, -0.1) is 0 Å². The molecular formula is C32H62O4. The first-order chi connectivity index (χ1) is 17.5. The number of hydrogen-bond acceptors (Lipinski definition) is 4. The number of carbonyl (C=O) groups excluding carboxylic acids is 2. The summed E-state index contributed by atoms with van der Waals surface area (Å²) in [4.78, 5) is 21.0. The highest BCUT2D eigenvalue weighted by molar-refractivity contribution is 5.66. The second-order valence-electron chi connectivity index (χ2n) is 10.1. The Morgan fingerprint density at radius 2 is 0.750 bits per heavy atom. The van der Waals surface area contributed by atoms with Gasteiger partial charge in [0.05, 0.1) is 13.2 Å². The summed E-state index contributed by atoms with van der Waals surface area (Å²) in [7, 11) is 0. The third-order valence-corrected chi connectivity index (χ3v) is 6.26. The lowest BCUT2D eigenvalue weighted by Crippen LogP contribution is -2.00. The van der Waals surface area contributed by atoms with E-state index < -0.39 is 0 Å². The molecule has 0 aromatic carbocycles. The average molecular weight is 511 g/mol. The Morgan fingerprint density at radius 1 is 0.444 bits per heavy atom. The van der Waals surface area contributed by atoms with Gasteiger partial charge in [-0.05, 0) is 32.1 Å². The van der Waals surface area contributed by atoms with Gasteiger partial charge in [-0.2, -0.15) is 0 Å². The number of unbranched alkanes of at least 4 members (excludes halogenated alkanes) is 19. The predicted octanol–water partition coefficient (Wildman–Crippen LogP) is 10.3. The predicted molar refractivity (Wildman–Crippen MR) is 155 cm³/mol. The minimum absolute atomic E-state index is 0.155. The fourth-order valence-electron chi connectivity index (χ4n) is 4.00. The number of hydrogen-bond donors (Lipinski definition) is 0. The van der Waals surface area contributed by atoms with Crippen LogP contribution in [-0.2, 0) is 19.1 Å². The number of esters is 2. The van der Waals surface area contributed by atoms with Crippen molar-refractivity contribution in [2.75, 3.05) is 13.2 Å². The molecule has 4 heteroatoms. The molecule has 0 heterocycles. The summed E-state index contributed by atoms with van der Waals surface area (Å²) < 4.78 is 9.78. The van der Waals surface area contributed by atoms with Gasteiger partial charge >= 0.3 is 11.9 Å². The van der Waals surface area contributed by atoms with Crippen LogP contribution in [0.25, 0.3) is 0 Å². The summed E-state index contributed by atoms with van der Waals surface area (Å²) in [6.07, 6.45) is 33.2. The van der Waals surface area contributed by atoms with Crippen LogP contribution in [0, 0.1) is 0 Å². The minimum Gasteiger partial charge on any atom is -0.466 e. The van der Waals surface area contributed by atoms with Gasteiger partial charge in [-0.25, -0.2) is 0 Å². The summed E-state index contributed by atoms with van der Waals surface area (Å²) >= 11 is 0. The highest BCUT2D eigenvalue weighted by Crippen LogP contribution is 2.12. The Bertz CT molecular complexity index is 473. The van der Waals surface area contributed by atoms with Crippen molar-refractivity contribution in [3.8, 4) is 0 Å². The van der Waals surface area contributed by atoms with Crippen molar-refractivity contribution in [1.82, 2.24) is 0 Å². The highest BCUT2D eigenvalue weighted by Gasteiger charge is 1.95. The zero-order chi connectivity index (χ0) is 27.0. The lowest BCUT2D eigenvalue weighted by molar-refractivity contribution is -0.142. The SMILES string of the molecule is CCCC/C=C\CCCCCCCCOC(C)=O.CCCCCCCCCCCCCCOC(C)=O. The topological polar surface area (TPSA) is 52.6 Å². The zero-order valence-corrected chi connectivity index (χ0v) is 24.8. The van der Waals surface area contributed by atoms with E-state index in [9.17, 15) is 9.59 Å². The van der Waals surface area contributed by atoms with Crippen LogP contribution in [0.1, 0.15) is 169 Å². The maximum Gasteiger partial charge on any atom is 0.302 e. The van der Waals surface area contributed by atoms with E-state index >= 15 is 0 Å². The summed E-state index contributed by atoms with van der Waals surface area (Å²) in [6.45, 7) is 8.63. The first-order valence-electron chi connectivity index (χ1n) is 15.5. The maximum absolute atomic E-state index is 10.5. The molecule has 0 atom stereocenters. The van der Waals surface area contributed by atoms with Gasteiger partial charge in [-0.3, -0.25) is 9.59 Å². The molecule has 0 aliphatic heterocycles. The molecule has 0 rings (SSSR count). The molecule has 0 spiro atoms. The first-order valence-corrected chi connectivity index (χ1v) is 15.5. The molecule has 0 aliphatic rings. The molecule has 0 aromatic heterocycles. The van der Waals surface area contributed by atoms with Crippen molar-refractivity contribution in [3.63, 3.8) is 0 Å². The molecule has 0 aromatic rings. The first kappa shape index (κ1) is 36.8. The standard InChI is InChI=1S/C16H32O2.C16H30O2/c2*1-3-4-5-6-7-8-9-10-11-12-13-14-15-18-16(2)17/h3-15H2,1-2H3;6-7H,3-5,8-15H2,1-2H3/b;7-6-.